The molecule has 0 aliphatic rings. The Hall–Kier alpha value is -1.86. The molecule has 0 aliphatic carbocycles. The first-order chi connectivity index (χ1) is 9.71. The van der Waals surface area contributed by atoms with Gasteiger partial charge in [0, 0.05) is 21.8 Å². The number of esters is 1. The second kappa shape index (κ2) is 7.24. The first-order valence-electron chi connectivity index (χ1n) is 5.87. The van der Waals surface area contributed by atoms with Crippen LogP contribution in [-0.4, -0.2) is 33.4 Å². The number of benzene rings is 1. The maximum absolute atomic E-state index is 11.7. The monoisotopic (exact) mass is 331 g/mol. The van der Waals surface area contributed by atoms with Crippen LogP contribution in [0.4, 0.5) is 0 Å². The standard InChI is InChI=1S/C13H14ClNO5S/c1-9(2)13(17)20-8-7-15-12(16)10-3-5-11(6-4-10)21(14,18)19/h3-6H,1,7-8H2,2H3,(H,15,16). The molecule has 0 unspecified atom stereocenters. The number of amides is 1. The molecule has 0 saturated carbocycles. The summed E-state index contributed by atoms with van der Waals surface area (Å²) in [5.41, 5.74) is 0.546. The van der Waals surface area contributed by atoms with E-state index in [0.29, 0.717) is 0 Å². The van der Waals surface area contributed by atoms with Crippen LogP contribution < -0.4 is 5.32 Å². The fraction of sp³-hybridized carbons (Fsp3) is 0.231. The largest absolute Gasteiger partial charge is 0.460 e. The predicted molar refractivity (Wildman–Crippen MR) is 77.6 cm³/mol. The van der Waals surface area contributed by atoms with E-state index in [1.54, 1.807) is 0 Å². The molecule has 0 fully saturated rings. The SMILES string of the molecule is C=C(C)C(=O)OCCNC(=O)c1ccc(S(=O)(=O)Cl)cc1. The van der Waals surface area contributed by atoms with Gasteiger partial charge in [-0.15, -0.1) is 0 Å². The van der Waals surface area contributed by atoms with Crippen molar-refractivity contribution in [2.75, 3.05) is 13.2 Å². The highest BCUT2D eigenvalue weighted by Crippen LogP contribution is 2.15. The molecule has 0 atom stereocenters. The van der Waals surface area contributed by atoms with Gasteiger partial charge in [0.05, 0.1) is 11.4 Å². The molecule has 0 saturated heterocycles. The van der Waals surface area contributed by atoms with Gasteiger partial charge in [0.15, 0.2) is 0 Å². The first-order valence-corrected chi connectivity index (χ1v) is 8.18. The molecular weight excluding hydrogens is 318 g/mol. The topological polar surface area (TPSA) is 89.5 Å². The number of carbonyl (C=O) groups excluding carboxylic acids is 2. The molecule has 0 aliphatic heterocycles. The van der Waals surface area contributed by atoms with Gasteiger partial charge in [0.1, 0.15) is 6.61 Å². The highest BCUT2D eigenvalue weighted by Gasteiger charge is 2.11. The summed E-state index contributed by atoms with van der Waals surface area (Å²) in [6.45, 7) is 5.10. The number of hydrogen-bond acceptors (Lipinski definition) is 5. The van der Waals surface area contributed by atoms with Gasteiger partial charge >= 0.3 is 5.97 Å². The maximum Gasteiger partial charge on any atom is 0.333 e. The van der Waals surface area contributed by atoms with Crippen molar-refractivity contribution in [2.24, 2.45) is 0 Å². The first kappa shape index (κ1) is 17.2. The zero-order valence-electron chi connectivity index (χ0n) is 11.3. The van der Waals surface area contributed by atoms with E-state index >= 15 is 0 Å². The smallest absolute Gasteiger partial charge is 0.333 e. The van der Waals surface area contributed by atoms with Crippen LogP contribution in [0.2, 0.25) is 0 Å². The van der Waals surface area contributed by atoms with Crippen LogP contribution in [0.25, 0.3) is 0 Å². The van der Waals surface area contributed by atoms with Crippen LogP contribution in [0.5, 0.6) is 0 Å². The molecule has 1 N–H and O–H groups in total. The fourth-order valence-corrected chi connectivity index (χ4v) is 2.07. The minimum absolute atomic E-state index is 0.0194. The number of rotatable bonds is 6. The molecule has 0 aromatic heterocycles. The van der Waals surface area contributed by atoms with Crippen molar-refractivity contribution < 1.29 is 22.7 Å². The van der Waals surface area contributed by atoms with Crippen molar-refractivity contribution in [2.45, 2.75) is 11.8 Å². The van der Waals surface area contributed by atoms with Crippen LogP contribution >= 0.6 is 10.7 Å². The third-order valence-electron chi connectivity index (χ3n) is 2.37. The Labute approximate surface area is 127 Å². The Morgan fingerprint density at radius 2 is 1.86 bits per heavy atom. The van der Waals surface area contributed by atoms with E-state index in [4.69, 9.17) is 15.4 Å². The quantitative estimate of drug-likeness (QED) is 0.369. The van der Waals surface area contributed by atoms with E-state index in [1.807, 2.05) is 0 Å². The number of carbonyl (C=O) groups is 2. The Balaban J connectivity index is 2.50. The number of halogens is 1. The van der Waals surface area contributed by atoms with E-state index in [0.717, 1.165) is 0 Å². The summed E-state index contributed by atoms with van der Waals surface area (Å²) in [6, 6.07) is 5.14. The summed E-state index contributed by atoms with van der Waals surface area (Å²) < 4.78 is 26.9. The predicted octanol–water partition coefficient (Wildman–Crippen LogP) is 1.46. The van der Waals surface area contributed by atoms with Gasteiger partial charge in [0.25, 0.3) is 15.0 Å². The maximum atomic E-state index is 11.7. The zero-order chi connectivity index (χ0) is 16.0. The van der Waals surface area contributed by atoms with Gasteiger partial charge in [0.2, 0.25) is 0 Å². The molecule has 1 rings (SSSR count). The summed E-state index contributed by atoms with van der Waals surface area (Å²) >= 11 is 0. The third-order valence-corrected chi connectivity index (χ3v) is 3.74. The van der Waals surface area contributed by atoms with Gasteiger partial charge in [-0.1, -0.05) is 6.58 Å². The molecule has 21 heavy (non-hydrogen) atoms. The van der Waals surface area contributed by atoms with Gasteiger partial charge in [-0.25, -0.2) is 13.2 Å². The molecule has 1 amide bonds. The van der Waals surface area contributed by atoms with Crippen molar-refractivity contribution >= 4 is 31.6 Å². The van der Waals surface area contributed by atoms with Gasteiger partial charge in [-0.05, 0) is 31.2 Å². The minimum atomic E-state index is -3.81. The van der Waals surface area contributed by atoms with E-state index in [2.05, 4.69) is 11.9 Å². The van der Waals surface area contributed by atoms with E-state index in [-0.39, 0.29) is 29.2 Å². The minimum Gasteiger partial charge on any atom is -0.460 e. The van der Waals surface area contributed by atoms with Crippen LogP contribution in [-0.2, 0) is 18.6 Å². The van der Waals surface area contributed by atoms with Crippen LogP contribution in [0.3, 0.4) is 0 Å². The Bertz CT molecular complexity index is 652. The van der Waals surface area contributed by atoms with Crippen LogP contribution in [0.1, 0.15) is 17.3 Å². The Kier molecular flexibility index (Phi) is 5.92. The summed E-state index contributed by atoms with van der Waals surface area (Å²) in [6.07, 6.45) is 0. The van der Waals surface area contributed by atoms with Gasteiger partial charge < -0.3 is 10.1 Å². The summed E-state index contributed by atoms with van der Waals surface area (Å²) in [7, 11) is 1.36. The van der Waals surface area contributed by atoms with Crippen molar-refractivity contribution in [3.05, 3.63) is 42.0 Å². The van der Waals surface area contributed by atoms with Crippen molar-refractivity contribution in [3.63, 3.8) is 0 Å². The second-order valence-corrected chi connectivity index (χ2v) is 6.70. The zero-order valence-corrected chi connectivity index (χ0v) is 12.8. The van der Waals surface area contributed by atoms with E-state index in [9.17, 15) is 18.0 Å². The van der Waals surface area contributed by atoms with Crippen LogP contribution in [0, 0.1) is 0 Å². The highest BCUT2D eigenvalue weighted by atomic mass is 35.7. The van der Waals surface area contributed by atoms with Crippen LogP contribution in [0.15, 0.2) is 41.3 Å². The van der Waals surface area contributed by atoms with Gasteiger partial charge in [-0.2, -0.15) is 0 Å². The lowest BCUT2D eigenvalue weighted by atomic mass is 10.2. The molecule has 8 heteroatoms. The summed E-state index contributed by atoms with van der Waals surface area (Å²) in [5, 5.41) is 2.52. The third kappa shape index (κ3) is 5.57. The number of nitrogens with one attached hydrogen (secondary N) is 1. The molecule has 114 valence electrons. The molecule has 6 nitrogen and oxygen atoms in total. The number of ether oxygens (including phenoxy) is 1. The van der Waals surface area contributed by atoms with Crippen molar-refractivity contribution in [1.29, 1.82) is 0 Å². The summed E-state index contributed by atoms with van der Waals surface area (Å²) in [5.74, 6) is -0.944. The Morgan fingerprint density at radius 1 is 1.29 bits per heavy atom. The summed E-state index contributed by atoms with van der Waals surface area (Å²) in [4.78, 5) is 22.7. The number of hydrogen-bond donors (Lipinski definition) is 1. The lowest BCUT2D eigenvalue weighted by Gasteiger charge is -2.07. The molecule has 1 aromatic rings. The molecule has 0 heterocycles. The Morgan fingerprint density at radius 3 is 2.33 bits per heavy atom. The molecule has 0 radical (unpaired) electrons. The molecule has 0 spiro atoms. The van der Waals surface area contributed by atoms with Gasteiger partial charge in [-0.3, -0.25) is 4.79 Å². The highest BCUT2D eigenvalue weighted by molar-refractivity contribution is 8.13. The lowest BCUT2D eigenvalue weighted by Crippen LogP contribution is -2.28. The van der Waals surface area contributed by atoms with E-state index in [1.165, 1.54) is 31.2 Å². The average Bonchev–Trinajstić information content (AvgIpc) is 2.42. The second-order valence-electron chi connectivity index (χ2n) is 4.13. The normalized spacial score (nSPS) is 10.8. The van der Waals surface area contributed by atoms with Crippen molar-refractivity contribution in [3.8, 4) is 0 Å². The molecule has 0 bridgehead atoms. The average molecular weight is 332 g/mol. The molecular formula is C13H14ClNO5S. The van der Waals surface area contributed by atoms with E-state index < -0.39 is 20.9 Å². The fourth-order valence-electron chi connectivity index (χ4n) is 1.30. The van der Waals surface area contributed by atoms with Crippen molar-refractivity contribution in [1.82, 2.24) is 5.32 Å². The lowest BCUT2D eigenvalue weighted by molar-refractivity contribution is -0.138. The molecule has 1 aromatic carbocycles.